The largest absolute Gasteiger partial charge is 0.370 e. The number of anilines is 1. The second kappa shape index (κ2) is 7.22. The fourth-order valence-electron chi connectivity index (χ4n) is 2.02. The molecule has 110 valence electrons. The van der Waals surface area contributed by atoms with Gasteiger partial charge < -0.3 is 10.2 Å². The van der Waals surface area contributed by atoms with Gasteiger partial charge in [-0.25, -0.2) is 4.98 Å². The zero-order chi connectivity index (χ0) is 15.2. The predicted molar refractivity (Wildman–Crippen MR) is 88.3 cm³/mol. The fraction of sp³-hybridized carbons (Fsp3) is 0.250. The topological polar surface area (TPSA) is 45.2 Å². The first-order valence-electron chi connectivity index (χ1n) is 6.80. The highest BCUT2D eigenvalue weighted by molar-refractivity contribution is 9.10. The lowest BCUT2D eigenvalue weighted by Gasteiger charge is -2.18. The summed E-state index contributed by atoms with van der Waals surface area (Å²) in [4.78, 5) is 18.4. The number of carbonyl (C=O) groups is 1. The van der Waals surface area contributed by atoms with Gasteiger partial charge in [0.15, 0.2) is 0 Å². The van der Waals surface area contributed by atoms with Crippen LogP contribution in [0.15, 0.2) is 47.1 Å². The van der Waals surface area contributed by atoms with Crippen LogP contribution >= 0.6 is 15.9 Å². The third kappa shape index (κ3) is 4.04. The van der Waals surface area contributed by atoms with E-state index in [1.165, 1.54) is 0 Å². The minimum atomic E-state index is -0.0210. The van der Waals surface area contributed by atoms with Crippen molar-refractivity contribution in [1.29, 1.82) is 0 Å². The normalized spacial score (nSPS) is 10.2. The molecule has 0 atom stereocenters. The number of nitrogens with one attached hydrogen (secondary N) is 1. The average Bonchev–Trinajstić information content (AvgIpc) is 2.49. The molecule has 21 heavy (non-hydrogen) atoms. The molecule has 0 saturated carbocycles. The maximum absolute atomic E-state index is 12.5. The summed E-state index contributed by atoms with van der Waals surface area (Å²) < 4.78 is 1.01. The summed E-state index contributed by atoms with van der Waals surface area (Å²) in [5, 5.41) is 3.11. The van der Waals surface area contributed by atoms with Crippen molar-refractivity contribution in [1.82, 2.24) is 9.88 Å². The minimum Gasteiger partial charge on any atom is -0.370 e. The Bertz CT molecular complexity index is 630. The van der Waals surface area contributed by atoms with Gasteiger partial charge in [-0.1, -0.05) is 34.1 Å². The van der Waals surface area contributed by atoms with E-state index in [0.717, 1.165) is 22.4 Å². The fourth-order valence-corrected chi connectivity index (χ4v) is 2.43. The monoisotopic (exact) mass is 347 g/mol. The Hall–Kier alpha value is -1.88. The Kier molecular flexibility index (Phi) is 5.33. The van der Waals surface area contributed by atoms with E-state index >= 15 is 0 Å². The van der Waals surface area contributed by atoms with Gasteiger partial charge in [0.25, 0.3) is 5.91 Å². The van der Waals surface area contributed by atoms with Gasteiger partial charge in [-0.3, -0.25) is 4.79 Å². The number of amides is 1. The highest BCUT2D eigenvalue weighted by atomic mass is 79.9. The summed E-state index contributed by atoms with van der Waals surface area (Å²) >= 11 is 3.50. The summed E-state index contributed by atoms with van der Waals surface area (Å²) in [5.41, 5.74) is 1.71. The molecule has 0 fully saturated rings. The van der Waals surface area contributed by atoms with Crippen molar-refractivity contribution in [3.63, 3.8) is 0 Å². The third-order valence-electron chi connectivity index (χ3n) is 3.08. The Morgan fingerprint density at radius 1 is 1.33 bits per heavy atom. The van der Waals surface area contributed by atoms with Crippen molar-refractivity contribution in [3.05, 3.63) is 58.2 Å². The Morgan fingerprint density at radius 3 is 2.81 bits per heavy atom. The number of benzene rings is 1. The van der Waals surface area contributed by atoms with Gasteiger partial charge in [0.05, 0.1) is 0 Å². The molecule has 0 aliphatic carbocycles. The number of nitrogens with zero attached hydrogens (tertiary/aromatic N) is 2. The van der Waals surface area contributed by atoms with Crippen LogP contribution in [0.1, 0.15) is 22.8 Å². The SMILES string of the molecule is CCNc1cc(C(=O)N(C)Cc2ccccc2Br)ccn1. The summed E-state index contributed by atoms with van der Waals surface area (Å²) in [6, 6.07) is 11.4. The van der Waals surface area contributed by atoms with Crippen LogP contribution < -0.4 is 5.32 Å². The number of aromatic nitrogens is 1. The van der Waals surface area contributed by atoms with Crippen molar-refractivity contribution >= 4 is 27.7 Å². The molecule has 2 rings (SSSR count). The maximum Gasteiger partial charge on any atom is 0.254 e. The molecule has 1 aromatic carbocycles. The lowest BCUT2D eigenvalue weighted by atomic mass is 10.2. The standard InChI is InChI=1S/C16H18BrN3O/c1-3-18-15-10-12(8-9-19-15)16(21)20(2)11-13-6-4-5-7-14(13)17/h4-10H,3,11H2,1-2H3,(H,18,19). The van der Waals surface area contributed by atoms with Gasteiger partial charge in [-0.2, -0.15) is 0 Å². The summed E-state index contributed by atoms with van der Waals surface area (Å²) in [5.74, 6) is 0.699. The van der Waals surface area contributed by atoms with Crippen molar-refractivity contribution in [2.45, 2.75) is 13.5 Å². The van der Waals surface area contributed by atoms with E-state index in [2.05, 4.69) is 26.2 Å². The highest BCUT2D eigenvalue weighted by Crippen LogP contribution is 2.18. The predicted octanol–water partition coefficient (Wildman–Crippen LogP) is 3.55. The van der Waals surface area contributed by atoms with Crippen LogP contribution in [0.4, 0.5) is 5.82 Å². The van der Waals surface area contributed by atoms with Crippen LogP contribution in [0.3, 0.4) is 0 Å². The van der Waals surface area contributed by atoms with Gasteiger partial charge in [0.2, 0.25) is 0 Å². The molecule has 0 unspecified atom stereocenters. The summed E-state index contributed by atoms with van der Waals surface area (Å²) in [6.45, 7) is 3.33. The molecule has 0 aliphatic rings. The third-order valence-corrected chi connectivity index (χ3v) is 3.85. The quantitative estimate of drug-likeness (QED) is 0.899. The molecular formula is C16H18BrN3O. The molecule has 0 saturated heterocycles. The van der Waals surface area contributed by atoms with Gasteiger partial charge in [0, 0.05) is 36.4 Å². The first-order chi connectivity index (χ1) is 10.1. The van der Waals surface area contributed by atoms with E-state index in [9.17, 15) is 4.79 Å². The van der Waals surface area contributed by atoms with Gasteiger partial charge in [0.1, 0.15) is 5.82 Å². The van der Waals surface area contributed by atoms with E-state index in [-0.39, 0.29) is 5.91 Å². The molecule has 0 spiro atoms. The van der Waals surface area contributed by atoms with Crippen molar-refractivity contribution in [2.75, 3.05) is 18.9 Å². The summed E-state index contributed by atoms with van der Waals surface area (Å²) in [7, 11) is 1.80. The first-order valence-corrected chi connectivity index (χ1v) is 7.60. The van der Waals surface area contributed by atoms with E-state index in [1.807, 2.05) is 31.2 Å². The van der Waals surface area contributed by atoms with E-state index in [0.29, 0.717) is 12.1 Å². The molecule has 1 N–H and O–H groups in total. The Labute approximate surface area is 133 Å². The molecule has 5 heteroatoms. The molecular weight excluding hydrogens is 330 g/mol. The van der Waals surface area contributed by atoms with E-state index < -0.39 is 0 Å². The van der Waals surface area contributed by atoms with E-state index in [4.69, 9.17) is 0 Å². The number of carbonyl (C=O) groups excluding carboxylic acids is 1. The first kappa shape index (κ1) is 15.5. The molecule has 0 aliphatic heterocycles. The van der Waals surface area contributed by atoms with Crippen molar-refractivity contribution in [3.8, 4) is 0 Å². The lowest BCUT2D eigenvalue weighted by molar-refractivity contribution is 0.0785. The van der Waals surface area contributed by atoms with Crippen LogP contribution in [0, 0.1) is 0 Å². The zero-order valence-electron chi connectivity index (χ0n) is 12.1. The highest BCUT2D eigenvalue weighted by Gasteiger charge is 2.13. The minimum absolute atomic E-state index is 0.0210. The average molecular weight is 348 g/mol. The lowest BCUT2D eigenvalue weighted by Crippen LogP contribution is -2.26. The number of rotatable bonds is 5. The van der Waals surface area contributed by atoms with Crippen LogP contribution in [0.25, 0.3) is 0 Å². The van der Waals surface area contributed by atoms with Gasteiger partial charge >= 0.3 is 0 Å². The molecule has 0 radical (unpaired) electrons. The molecule has 4 nitrogen and oxygen atoms in total. The van der Waals surface area contributed by atoms with Crippen LogP contribution in [-0.4, -0.2) is 29.4 Å². The van der Waals surface area contributed by atoms with Crippen LogP contribution in [0.2, 0.25) is 0 Å². The zero-order valence-corrected chi connectivity index (χ0v) is 13.7. The molecule has 0 bridgehead atoms. The van der Waals surface area contributed by atoms with Crippen LogP contribution in [-0.2, 0) is 6.54 Å². The van der Waals surface area contributed by atoms with Crippen molar-refractivity contribution < 1.29 is 4.79 Å². The second-order valence-electron chi connectivity index (χ2n) is 4.71. The summed E-state index contributed by atoms with van der Waals surface area (Å²) in [6.07, 6.45) is 1.65. The molecule has 1 heterocycles. The number of halogens is 1. The molecule has 1 amide bonds. The smallest absolute Gasteiger partial charge is 0.254 e. The van der Waals surface area contributed by atoms with Crippen molar-refractivity contribution in [2.24, 2.45) is 0 Å². The Balaban J connectivity index is 2.12. The Morgan fingerprint density at radius 2 is 2.10 bits per heavy atom. The molecule has 2 aromatic rings. The maximum atomic E-state index is 12.5. The number of hydrogen-bond donors (Lipinski definition) is 1. The number of pyridine rings is 1. The second-order valence-corrected chi connectivity index (χ2v) is 5.57. The van der Waals surface area contributed by atoms with Gasteiger partial charge in [-0.15, -0.1) is 0 Å². The van der Waals surface area contributed by atoms with E-state index in [1.54, 1.807) is 30.3 Å². The number of hydrogen-bond acceptors (Lipinski definition) is 3. The van der Waals surface area contributed by atoms with Crippen LogP contribution in [0.5, 0.6) is 0 Å². The van der Waals surface area contributed by atoms with Gasteiger partial charge in [-0.05, 0) is 30.7 Å². The molecule has 1 aromatic heterocycles.